The van der Waals surface area contributed by atoms with Crippen molar-refractivity contribution >= 4 is 22.5 Å². The number of ether oxygens (including phenoxy) is 1. The molecule has 0 radical (unpaired) electrons. The van der Waals surface area contributed by atoms with Gasteiger partial charge in [-0.25, -0.2) is 9.49 Å². The van der Waals surface area contributed by atoms with Crippen molar-refractivity contribution in [3.8, 4) is 5.75 Å². The molecule has 2 aliphatic rings. The Hall–Kier alpha value is -4.55. The van der Waals surface area contributed by atoms with Gasteiger partial charge in [-0.2, -0.15) is 18.3 Å². The molecule has 218 valence electrons. The highest BCUT2D eigenvalue weighted by molar-refractivity contribution is 5.95. The van der Waals surface area contributed by atoms with Crippen LogP contribution in [0.1, 0.15) is 46.6 Å². The molecule has 42 heavy (non-hydrogen) atoms. The summed E-state index contributed by atoms with van der Waals surface area (Å²) in [6, 6.07) is 11.6. The predicted octanol–water partition coefficient (Wildman–Crippen LogP) is 4.36. The van der Waals surface area contributed by atoms with Gasteiger partial charge in [0.15, 0.2) is 11.5 Å². The highest BCUT2D eigenvalue weighted by atomic mass is 19.4. The average Bonchev–Trinajstić information content (AvgIpc) is 2.97. The molecule has 2 aromatic carbocycles. The zero-order valence-corrected chi connectivity index (χ0v) is 22.3. The molecule has 0 unspecified atom stereocenters. The number of piperazine rings is 1. The van der Waals surface area contributed by atoms with Crippen LogP contribution in [0.2, 0.25) is 0 Å². The molecule has 1 N–H and O–H groups in total. The fraction of sp³-hybridized carbons (Fsp3) is 0.345. The van der Waals surface area contributed by atoms with Gasteiger partial charge in [-0.15, -0.1) is 10.2 Å². The summed E-state index contributed by atoms with van der Waals surface area (Å²) in [4.78, 5) is 28.9. The summed E-state index contributed by atoms with van der Waals surface area (Å²) in [5.41, 5.74) is -0.328. The molecular weight excluding hydrogens is 556 g/mol. The molecule has 6 rings (SSSR count). The van der Waals surface area contributed by atoms with Crippen molar-refractivity contribution in [2.75, 3.05) is 31.1 Å². The number of carbonyl (C=O) groups excluding carboxylic acids is 1. The van der Waals surface area contributed by atoms with E-state index in [-0.39, 0.29) is 42.6 Å². The van der Waals surface area contributed by atoms with Crippen LogP contribution < -0.4 is 15.2 Å². The first-order valence-corrected chi connectivity index (χ1v) is 13.6. The third-order valence-electron chi connectivity index (χ3n) is 7.66. The van der Waals surface area contributed by atoms with Crippen LogP contribution in [0, 0.1) is 5.82 Å². The van der Waals surface area contributed by atoms with E-state index >= 15 is 0 Å². The summed E-state index contributed by atoms with van der Waals surface area (Å²) in [5.74, 6) is -0.249. The lowest BCUT2D eigenvalue weighted by molar-refractivity contribution is -0.141. The summed E-state index contributed by atoms with van der Waals surface area (Å²) in [7, 11) is 0. The Bertz CT molecular complexity index is 1680. The van der Waals surface area contributed by atoms with Crippen LogP contribution in [-0.2, 0) is 12.6 Å². The molecule has 1 saturated heterocycles. The minimum atomic E-state index is -4.58. The quantitative estimate of drug-likeness (QED) is 0.337. The van der Waals surface area contributed by atoms with Gasteiger partial charge in [0.05, 0.1) is 22.7 Å². The number of aromatic nitrogens is 4. The zero-order chi connectivity index (χ0) is 29.4. The molecule has 4 aromatic rings. The van der Waals surface area contributed by atoms with E-state index in [1.165, 1.54) is 23.1 Å². The number of nitrogens with zero attached hydrogens (tertiary/aromatic N) is 5. The number of hydrogen-bond donors (Lipinski definition) is 1. The van der Waals surface area contributed by atoms with E-state index in [0.29, 0.717) is 40.9 Å². The molecule has 2 fully saturated rings. The molecular formula is C29H26F4N6O3. The van der Waals surface area contributed by atoms with Crippen LogP contribution in [-0.4, -0.2) is 63.5 Å². The highest BCUT2D eigenvalue weighted by Gasteiger charge is 2.33. The van der Waals surface area contributed by atoms with Gasteiger partial charge in [0.25, 0.3) is 11.5 Å². The standard InChI is InChI=1S/C29H26F4N6O3/c30-23-7-4-17(15-24-21-16-19(42-18-2-1-3-18)5-6-20(21)27(40)37-34-24)14-22(23)28(41)39-12-10-38(11-13-39)26-9-8-25(35-36-26)29(31,32)33/h4-9,14,16,18H,1-3,10-13,15H2,(H,37,40). The second kappa shape index (κ2) is 11.0. The molecule has 1 amide bonds. The summed E-state index contributed by atoms with van der Waals surface area (Å²) < 4.78 is 59.2. The second-order valence-electron chi connectivity index (χ2n) is 10.4. The van der Waals surface area contributed by atoms with Crippen molar-refractivity contribution in [3.63, 3.8) is 0 Å². The average molecular weight is 583 g/mol. The number of H-pyrrole nitrogens is 1. The normalized spacial score (nSPS) is 16.0. The van der Waals surface area contributed by atoms with E-state index in [0.717, 1.165) is 25.3 Å². The van der Waals surface area contributed by atoms with Gasteiger partial charge in [0.1, 0.15) is 11.6 Å². The van der Waals surface area contributed by atoms with Crippen molar-refractivity contribution in [2.24, 2.45) is 0 Å². The summed E-state index contributed by atoms with van der Waals surface area (Å²) >= 11 is 0. The number of halogens is 4. The first-order valence-electron chi connectivity index (χ1n) is 13.6. The van der Waals surface area contributed by atoms with Crippen LogP contribution in [0.25, 0.3) is 10.8 Å². The number of alkyl halides is 3. The van der Waals surface area contributed by atoms with E-state index in [1.807, 2.05) is 0 Å². The second-order valence-corrected chi connectivity index (χ2v) is 10.4. The van der Waals surface area contributed by atoms with Crippen LogP contribution in [0.3, 0.4) is 0 Å². The molecule has 1 aliphatic carbocycles. The maximum Gasteiger partial charge on any atom is 0.435 e. The van der Waals surface area contributed by atoms with Gasteiger partial charge in [-0.3, -0.25) is 9.59 Å². The monoisotopic (exact) mass is 582 g/mol. The maximum atomic E-state index is 14.9. The van der Waals surface area contributed by atoms with E-state index < -0.39 is 23.6 Å². The zero-order valence-electron chi connectivity index (χ0n) is 22.3. The summed E-state index contributed by atoms with van der Waals surface area (Å²) in [6.45, 7) is 1.04. The Kier molecular flexibility index (Phi) is 7.25. The number of carbonyl (C=O) groups is 1. The van der Waals surface area contributed by atoms with E-state index in [9.17, 15) is 27.2 Å². The summed E-state index contributed by atoms with van der Waals surface area (Å²) in [6.07, 6.45) is -1.08. The minimum absolute atomic E-state index is 0.0991. The fourth-order valence-corrected chi connectivity index (χ4v) is 5.08. The number of nitrogens with one attached hydrogen (secondary N) is 1. The van der Waals surface area contributed by atoms with Gasteiger partial charge in [-0.1, -0.05) is 6.07 Å². The maximum absolute atomic E-state index is 14.9. The Balaban J connectivity index is 1.17. The van der Waals surface area contributed by atoms with Crippen LogP contribution in [0.4, 0.5) is 23.4 Å². The molecule has 13 heteroatoms. The lowest BCUT2D eigenvalue weighted by atomic mass is 9.96. The van der Waals surface area contributed by atoms with Gasteiger partial charge in [0.2, 0.25) is 0 Å². The molecule has 0 spiro atoms. The Morgan fingerprint density at radius 3 is 2.43 bits per heavy atom. The Morgan fingerprint density at radius 1 is 0.976 bits per heavy atom. The highest BCUT2D eigenvalue weighted by Crippen LogP contribution is 2.29. The van der Waals surface area contributed by atoms with Gasteiger partial charge < -0.3 is 14.5 Å². The number of hydrogen-bond acceptors (Lipinski definition) is 7. The number of fused-ring (bicyclic) bond motifs is 1. The lowest BCUT2D eigenvalue weighted by Crippen LogP contribution is -2.49. The molecule has 9 nitrogen and oxygen atoms in total. The molecule has 0 atom stereocenters. The molecule has 2 aromatic heterocycles. The van der Waals surface area contributed by atoms with Gasteiger partial charge in [-0.05, 0) is 67.3 Å². The minimum Gasteiger partial charge on any atom is -0.490 e. The predicted molar refractivity (Wildman–Crippen MR) is 145 cm³/mol. The van der Waals surface area contributed by atoms with Crippen molar-refractivity contribution in [1.29, 1.82) is 0 Å². The van der Waals surface area contributed by atoms with Crippen LogP contribution in [0.5, 0.6) is 5.75 Å². The van der Waals surface area contributed by atoms with Crippen molar-refractivity contribution in [3.05, 3.63) is 87.2 Å². The number of rotatable bonds is 6. The first kappa shape index (κ1) is 27.6. The van der Waals surface area contributed by atoms with Crippen molar-refractivity contribution < 1.29 is 27.1 Å². The van der Waals surface area contributed by atoms with E-state index in [2.05, 4.69) is 20.4 Å². The van der Waals surface area contributed by atoms with E-state index in [1.54, 1.807) is 29.2 Å². The number of benzene rings is 2. The number of anilines is 1. The number of aromatic amines is 1. The summed E-state index contributed by atoms with van der Waals surface area (Å²) in [5, 5.41) is 14.7. The van der Waals surface area contributed by atoms with E-state index in [4.69, 9.17) is 4.74 Å². The fourth-order valence-electron chi connectivity index (χ4n) is 5.08. The largest absolute Gasteiger partial charge is 0.490 e. The number of amides is 1. The topological polar surface area (TPSA) is 104 Å². The molecule has 1 saturated carbocycles. The third kappa shape index (κ3) is 5.63. The molecule has 3 heterocycles. The third-order valence-corrected chi connectivity index (χ3v) is 7.66. The first-order chi connectivity index (χ1) is 20.2. The molecule has 1 aliphatic heterocycles. The van der Waals surface area contributed by atoms with Gasteiger partial charge >= 0.3 is 6.18 Å². The van der Waals surface area contributed by atoms with Crippen LogP contribution in [0.15, 0.2) is 53.3 Å². The van der Waals surface area contributed by atoms with Gasteiger partial charge in [0, 0.05) is 38.0 Å². The lowest BCUT2D eigenvalue weighted by Gasteiger charge is -2.35. The van der Waals surface area contributed by atoms with Crippen molar-refractivity contribution in [2.45, 2.75) is 38.0 Å². The van der Waals surface area contributed by atoms with Crippen molar-refractivity contribution in [1.82, 2.24) is 25.3 Å². The van der Waals surface area contributed by atoms with Crippen LogP contribution >= 0.6 is 0 Å². The smallest absolute Gasteiger partial charge is 0.435 e. The Labute approximate surface area is 237 Å². The SMILES string of the molecule is O=C(c1cc(Cc2n[nH]c(=O)c3ccc(OC4CCC4)cc23)ccc1F)N1CCN(c2ccc(C(F)(F)F)nn2)CC1. The Morgan fingerprint density at radius 2 is 1.76 bits per heavy atom. The molecule has 0 bridgehead atoms.